The van der Waals surface area contributed by atoms with Crippen molar-refractivity contribution < 1.29 is 4.39 Å². The fourth-order valence-corrected chi connectivity index (χ4v) is 3.45. The second-order valence-corrected chi connectivity index (χ2v) is 5.67. The molecule has 102 valence electrons. The van der Waals surface area contributed by atoms with Crippen molar-refractivity contribution >= 4 is 22.1 Å². The van der Waals surface area contributed by atoms with Crippen LogP contribution in [0, 0.1) is 5.82 Å². The molecular formula is C16H15FN2S. The Morgan fingerprint density at radius 2 is 1.90 bits per heavy atom. The van der Waals surface area contributed by atoms with Crippen LogP contribution in [0.1, 0.15) is 17.5 Å². The van der Waals surface area contributed by atoms with E-state index in [0.717, 1.165) is 32.9 Å². The van der Waals surface area contributed by atoms with E-state index in [2.05, 4.69) is 11.9 Å². The standard InChI is InChI=1S/C16H15FN2S/c1-2-14-15(9-18)20-16(19-14)12-7-8-13(17)11-6-4-3-5-10(11)12/h3-8H,2,9,18H2,1H3. The Bertz CT molecular complexity index is 743. The van der Waals surface area contributed by atoms with E-state index in [9.17, 15) is 4.39 Å². The van der Waals surface area contributed by atoms with Gasteiger partial charge >= 0.3 is 0 Å². The monoisotopic (exact) mass is 286 g/mol. The van der Waals surface area contributed by atoms with Crippen LogP contribution in [-0.2, 0) is 13.0 Å². The van der Waals surface area contributed by atoms with E-state index in [4.69, 9.17) is 5.73 Å². The number of nitrogens with zero attached hydrogens (tertiary/aromatic N) is 1. The summed E-state index contributed by atoms with van der Waals surface area (Å²) in [5.74, 6) is -0.198. The molecule has 0 aliphatic heterocycles. The second-order valence-electron chi connectivity index (χ2n) is 4.59. The third-order valence-electron chi connectivity index (χ3n) is 3.40. The van der Waals surface area contributed by atoms with Gasteiger partial charge < -0.3 is 5.73 Å². The molecule has 0 spiro atoms. The molecule has 0 amide bonds. The molecule has 2 N–H and O–H groups in total. The number of hydrogen-bond donors (Lipinski definition) is 1. The third kappa shape index (κ3) is 2.11. The van der Waals surface area contributed by atoms with Crippen LogP contribution in [0.4, 0.5) is 4.39 Å². The van der Waals surface area contributed by atoms with Crippen LogP contribution in [-0.4, -0.2) is 4.98 Å². The molecule has 4 heteroatoms. The minimum atomic E-state index is -0.198. The largest absolute Gasteiger partial charge is 0.326 e. The lowest BCUT2D eigenvalue weighted by molar-refractivity contribution is 0.640. The Hall–Kier alpha value is -1.78. The van der Waals surface area contributed by atoms with Gasteiger partial charge in [0.25, 0.3) is 0 Å². The number of nitrogens with two attached hydrogens (primary N) is 1. The molecule has 0 atom stereocenters. The topological polar surface area (TPSA) is 38.9 Å². The fourth-order valence-electron chi connectivity index (χ4n) is 2.38. The first-order chi connectivity index (χ1) is 9.74. The maximum atomic E-state index is 13.9. The van der Waals surface area contributed by atoms with Crippen molar-refractivity contribution in [2.45, 2.75) is 19.9 Å². The first-order valence-corrected chi connectivity index (χ1v) is 7.42. The van der Waals surface area contributed by atoms with Crippen molar-refractivity contribution in [3.63, 3.8) is 0 Å². The van der Waals surface area contributed by atoms with Crippen LogP contribution >= 0.6 is 11.3 Å². The molecule has 0 bridgehead atoms. The summed E-state index contributed by atoms with van der Waals surface area (Å²) in [6, 6.07) is 10.8. The summed E-state index contributed by atoms with van der Waals surface area (Å²) in [7, 11) is 0. The molecule has 0 aliphatic rings. The Balaban J connectivity index is 2.24. The highest BCUT2D eigenvalue weighted by Crippen LogP contribution is 2.34. The zero-order chi connectivity index (χ0) is 14.1. The van der Waals surface area contributed by atoms with Crippen molar-refractivity contribution in [2.75, 3.05) is 0 Å². The van der Waals surface area contributed by atoms with Crippen LogP contribution < -0.4 is 5.73 Å². The van der Waals surface area contributed by atoms with E-state index in [1.54, 1.807) is 23.5 Å². The summed E-state index contributed by atoms with van der Waals surface area (Å²) in [6.45, 7) is 2.57. The fraction of sp³-hybridized carbons (Fsp3) is 0.188. The average Bonchev–Trinajstić information content (AvgIpc) is 2.91. The number of fused-ring (bicyclic) bond motifs is 1. The number of aryl methyl sites for hydroxylation is 1. The number of hydrogen-bond acceptors (Lipinski definition) is 3. The summed E-state index contributed by atoms with van der Waals surface area (Å²) in [5.41, 5.74) is 7.78. The smallest absolute Gasteiger partial charge is 0.131 e. The second kappa shape index (κ2) is 5.31. The zero-order valence-corrected chi connectivity index (χ0v) is 12.0. The van der Waals surface area contributed by atoms with Crippen LogP contribution in [0.5, 0.6) is 0 Å². The Kier molecular flexibility index (Phi) is 3.51. The molecule has 2 nitrogen and oxygen atoms in total. The Morgan fingerprint density at radius 1 is 1.15 bits per heavy atom. The predicted molar refractivity (Wildman–Crippen MR) is 82.3 cm³/mol. The predicted octanol–water partition coefficient (Wildman–Crippen LogP) is 4.12. The van der Waals surface area contributed by atoms with Gasteiger partial charge in [0.15, 0.2) is 0 Å². The maximum Gasteiger partial charge on any atom is 0.131 e. The van der Waals surface area contributed by atoms with E-state index < -0.39 is 0 Å². The molecule has 0 unspecified atom stereocenters. The van der Waals surface area contributed by atoms with Gasteiger partial charge in [0.1, 0.15) is 10.8 Å². The lowest BCUT2D eigenvalue weighted by Crippen LogP contribution is -1.96. The molecule has 3 aromatic rings. The number of rotatable bonds is 3. The number of halogens is 1. The molecule has 0 fully saturated rings. The van der Waals surface area contributed by atoms with Crippen LogP contribution in [0.3, 0.4) is 0 Å². The average molecular weight is 286 g/mol. The van der Waals surface area contributed by atoms with E-state index in [0.29, 0.717) is 11.9 Å². The number of thiazole rings is 1. The normalized spacial score (nSPS) is 11.2. The quantitative estimate of drug-likeness (QED) is 0.786. The molecule has 0 radical (unpaired) electrons. The summed E-state index contributed by atoms with van der Waals surface area (Å²) in [6.07, 6.45) is 0.863. The maximum absolute atomic E-state index is 13.9. The summed E-state index contributed by atoms with van der Waals surface area (Å²) in [5, 5.41) is 2.44. The highest BCUT2D eigenvalue weighted by atomic mass is 32.1. The van der Waals surface area contributed by atoms with E-state index in [1.807, 2.05) is 18.2 Å². The van der Waals surface area contributed by atoms with Crippen LogP contribution in [0.15, 0.2) is 36.4 Å². The highest BCUT2D eigenvalue weighted by Gasteiger charge is 2.13. The molecule has 0 aliphatic carbocycles. The first kappa shape index (κ1) is 13.2. The van der Waals surface area contributed by atoms with Gasteiger partial charge in [0, 0.05) is 22.4 Å². The number of aromatic nitrogens is 1. The molecule has 2 aromatic carbocycles. The molecule has 1 aromatic heterocycles. The van der Waals surface area contributed by atoms with E-state index in [-0.39, 0.29) is 5.82 Å². The molecule has 0 saturated carbocycles. The van der Waals surface area contributed by atoms with Gasteiger partial charge in [-0.05, 0) is 23.9 Å². The molecule has 1 heterocycles. The summed E-state index contributed by atoms with van der Waals surface area (Å²) < 4.78 is 13.9. The van der Waals surface area contributed by atoms with Gasteiger partial charge in [-0.1, -0.05) is 31.2 Å². The Labute approximate surface area is 121 Å². The van der Waals surface area contributed by atoms with Gasteiger partial charge in [0.05, 0.1) is 5.69 Å². The van der Waals surface area contributed by atoms with Crippen molar-refractivity contribution in [3.05, 3.63) is 52.8 Å². The minimum Gasteiger partial charge on any atom is -0.326 e. The van der Waals surface area contributed by atoms with Gasteiger partial charge in [-0.3, -0.25) is 0 Å². The Morgan fingerprint density at radius 3 is 2.55 bits per heavy atom. The summed E-state index contributed by atoms with van der Waals surface area (Å²) in [4.78, 5) is 5.77. The molecule has 3 rings (SSSR count). The van der Waals surface area contributed by atoms with Crippen molar-refractivity contribution in [1.29, 1.82) is 0 Å². The first-order valence-electron chi connectivity index (χ1n) is 6.60. The molecule has 20 heavy (non-hydrogen) atoms. The molecule has 0 saturated heterocycles. The van der Waals surface area contributed by atoms with Gasteiger partial charge in [-0.15, -0.1) is 11.3 Å². The van der Waals surface area contributed by atoms with Crippen molar-refractivity contribution in [2.24, 2.45) is 5.73 Å². The van der Waals surface area contributed by atoms with Crippen molar-refractivity contribution in [1.82, 2.24) is 4.98 Å². The number of benzene rings is 2. The highest BCUT2D eigenvalue weighted by molar-refractivity contribution is 7.15. The van der Waals surface area contributed by atoms with Crippen LogP contribution in [0.25, 0.3) is 21.3 Å². The van der Waals surface area contributed by atoms with Gasteiger partial charge in [0.2, 0.25) is 0 Å². The van der Waals surface area contributed by atoms with Crippen LogP contribution in [0.2, 0.25) is 0 Å². The van der Waals surface area contributed by atoms with Crippen molar-refractivity contribution in [3.8, 4) is 10.6 Å². The minimum absolute atomic E-state index is 0.198. The van der Waals surface area contributed by atoms with Gasteiger partial charge in [-0.25, -0.2) is 9.37 Å². The SMILES string of the molecule is CCc1nc(-c2ccc(F)c3ccccc23)sc1CN. The third-order valence-corrected chi connectivity index (χ3v) is 4.55. The van der Waals surface area contributed by atoms with E-state index in [1.165, 1.54) is 6.07 Å². The lowest BCUT2D eigenvalue weighted by atomic mass is 10.0. The zero-order valence-electron chi connectivity index (χ0n) is 11.2. The lowest BCUT2D eigenvalue weighted by Gasteiger charge is -2.04. The van der Waals surface area contributed by atoms with E-state index >= 15 is 0 Å². The van der Waals surface area contributed by atoms with Gasteiger partial charge in [-0.2, -0.15) is 0 Å². The molecular weight excluding hydrogens is 271 g/mol. The summed E-state index contributed by atoms with van der Waals surface area (Å²) >= 11 is 1.60.